The van der Waals surface area contributed by atoms with Crippen LogP contribution in [-0.2, 0) is 6.54 Å². The summed E-state index contributed by atoms with van der Waals surface area (Å²) in [5.41, 5.74) is 4.78. The van der Waals surface area contributed by atoms with E-state index in [2.05, 4.69) is 37.4 Å². The molecular formula is C15H15Cl2N. The third-order valence-corrected chi connectivity index (χ3v) is 3.58. The highest BCUT2D eigenvalue weighted by atomic mass is 35.5. The molecule has 0 unspecified atom stereocenters. The van der Waals surface area contributed by atoms with Crippen LogP contribution in [0.1, 0.15) is 16.7 Å². The Hall–Kier alpha value is -1.18. The maximum atomic E-state index is 6.13. The Kier molecular flexibility index (Phi) is 4.15. The van der Waals surface area contributed by atoms with Crippen molar-refractivity contribution in [2.75, 3.05) is 5.32 Å². The molecule has 94 valence electrons. The Morgan fingerprint density at radius 2 is 1.67 bits per heavy atom. The van der Waals surface area contributed by atoms with Gasteiger partial charge in [-0.25, -0.2) is 0 Å². The van der Waals surface area contributed by atoms with Gasteiger partial charge in [0.2, 0.25) is 0 Å². The molecule has 0 aliphatic heterocycles. The fourth-order valence-corrected chi connectivity index (χ4v) is 2.42. The quantitative estimate of drug-likeness (QED) is 0.812. The number of aryl methyl sites for hydroxylation is 2. The van der Waals surface area contributed by atoms with Crippen molar-refractivity contribution in [2.45, 2.75) is 20.4 Å². The van der Waals surface area contributed by atoms with Gasteiger partial charge in [0.25, 0.3) is 0 Å². The molecule has 0 spiro atoms. The van der Waals surface area contributed by atoms with Gasteiger partial charge in [-0.3, -0.25) is 0 Å². The number of rotatable bonds is 3. The fourth-order valence-electron chi connectivity index (χ4n) is 1.94. The van der Waals surface area contributed by atoms with Crippen molar-refractivity contribution < 1.29 is 0 Å². The maximum absolute atomic E-state index is 6.13. The minimum atomic E-state index is 0.647. The Bertz CT molecular complexity index is 544. The second-order valence-electron chi connectivity index (χ2n) is 4.35. The Labute approximate surface area is 118 Å². The predicted octanol–water partition coefficient (Wildman–Crippen LogP) is 5.22. The van der Waals surface area contributed by atoms with E-state index in [0.29, 0.717) is 10.0 Å². The van der Waals surface area contributed by atoms with E-state index >= 15 is 0 Å². The summed E-state index contributed by atoms with van der Waals surface area (Å²) in [5.74, 6) is 0. The van der Waals surface area contributed by atoms with Crippen LogP contribution in [-0.4, -0.2) is 0 Å². The zero-order chi connectivity index (χ0) is 13.1. The summed E-state index contributed by atoms with van der Waals surface area (Å²) in [6.07, 6.45) is 0. The number of anilines is 1. The minimum Gasteiger partial charge on any atom is -0.380 e. The van der Waals surface area contributed by atoms with E-state index in [0.717, 1.165) is 12.2 Å². The van der Waals surface area contributed by atoms with E-state index in [1.165, 1.54) is 16.7 Å². The van der Waals surface area contributed by atoms with Gasteiger partial charge in [0.05, 0.1) is 10.7 Å². The first-order chi connectivity index (χ1) is 8.58. The lowest BCUT2D eigenvalue weighted by atomic mass is 10.0. The van der Waals surface area contributed by atoms with Crippen molar-refractivity contribution in [3.05, 3.63) is 63.1 Å². The summed E-state index contributed by atoms with van der Waals surface area (Å²) in [7, 11) is 0. The van der Waals surface area contributed by atoms with Gasteiger partial charge in [-0.2, -0.15) is 0 Å². The Balaban J connectivity index is 2.16. The summed E-state index contributed by atoms with van der Waals surface area (Å²) in [6, 6.07) is 11.8. The minimum absolute atomic E-state index is 0.647. The van der Waals surface area contributed by atoms with Gasteiger partial charge in [0, 0.05) is 11.6 Å². The van der Waals surface area contributed by atoms with Crippen LogP contribution >= 0.6 is 23.2 Å². The summed E-state index contributed by atoms with van der Waals surface area (Å²) in [5, 5.41) is 4.65. The average Bonchev–Trinajstić information content (AvgIpc) is 2.31. The molecule has 0 atom stereocenters. The van der Waals surface area contributed by atoms with Crippen LogP contribution in [0.15, 0.2) is 36.4 Å². The van der Waals surface area contributed by atoms with Crippen LogP contribution in [0.2, 0.25) is 10.0 Å². The third-order valence-electron chi connectivity index (χ3n) is 3.03. The first-order valence-electron chi connectivity index (χ1n) is 5.82. The van der Waals surface area contributed by atoms with Crippen molar-refractivity contribution in [3.8, 4) is 0 Å². The smallest absolute Gasteiger partial charge is 0.0652 e. The van der Waals surface area contributed by atoms with Crippen LogP contribution < -0.4 is 5.32 Å². The molecule has 0 saturated carbocycles. The fraction of sp³-hybridized carbons (Fsp3) is 0.200. The largest absolute Gasteiger partial charge is 0.380 e. The lowest BCUT2D eigenvalue weighted by molar-refractivity contribution is 1.09. The van der Waals surface area contributed by atoms with Crippen LogP contribution in [0.25, 0.3) is 0 Å². The molecule has 0 aliphatic rings. The molecule has 1 N–H and O–H groups in total. The SMILES string of the molecule is Cc1cccc(C)c1CNc1ccc(Cl)cc1Cl. The second-order valence-corrected chi connectivity index (χ2v) is 5.19. The Morgan fingerprint density at radius 1 is 1.00 bits per heavy atom. The molecule has 0 saturated heterocycles. The van der Waals surface area contributed by atoms with Crippen molar-refractivity contribution in [3.63, 3.8) is 0 Å². The molecule has 0 heterocycles. The topological polar surface area (TPSA) is 12.0 Å². The van der Waals surface area contributed by atoms with Gasteiger partial charge in [0.15, 0.2) is 0 Å². The highest BCUT2D eigenvalue weighted by Crippen LogP contribution is 2.26. The second kappa shape index (κ2) is 5.64. The molecular weight excluding hydrogens is 265 g/mol. The Morgan fingerprint density at radius 3 is 2.28 bits per heavy atom. The highest BCUT2D eigenvalue weighted by molar-refractivity contribution is 6.36. The molecule has 0 amide bonds. The molecule has 0 bridgehead atoms. The van der Waals surface area contributed by atoms with Gasteiger partial charge >= 0.3 is 0 Å². The average molecular weight is 280 g/mol. The summed E-state index contributed by atoms with van der Waals surface area (Å²) >= 11 is 12.0. The lowest BCUT2D eigenvalue weighted by Crippen LogP contribution is -2.03. The lowest BCUT2D eigenvalue weighted by Gasteiger charge is -2.13. The molecule has 0 radical (unpaired) electrons. The van der Waals surface area contributed by atoms with E-state index in [-0.39, 0.29) is 0 Å². The number of halogens is 2. The molecule has 2 aromatic carbocycles. The summed E-state index contributed by atoms with van der Waals surface area (Å²) in [4.78, 5) is 0. The van der Waals surface area contributed by atoms with Crippen molar-refractivity contribution in [1.29, 1.82) is 0 Å². The summed E-state index contributed by atoms with van der Waals surface area (Å²) in [6.45, 7) is 5.00. The van der Waals surface area contributed by atoms with Crippen molar-refractivity contribution in [2.24, 2.45) is 0 Å². The van der Waals surface area contributed by atoms with Crippen LogP contribution in [0.4, 0.5) is 5.69 Å². The van der Waals surface area contributed by atoms with E-state index < -0.39 is 0 Å². The first kappa shape index (κ1) is 13.3. The zero-order valence-electron chi connectivity index (χ0n) is 10.4. The molecule has 18 heavy (non-hydrogen) atoms. The number of nitrogens with one attached hydrogen (secondary N) is 1. The first-order valence-corrected chi connectivity index (χ1v) is 6.57. The monoisotopic (exact) mass is 279 g/mol. The van der Waals surface area contributed by atoms with Crippen molar-refractivity contribution >= 4 is 28.9 Å². The number of benzene rings is 2. The standard InChI is InChI=1S/C15H15Cl2N/c1-10-4-3-5-11(2)13(10)9-18-15-7-6-12(16)8-14(15)17/h3-8,18H,9H2,1-2H3. The van der Waals surface area contributed by atoms with Crippen LogP contribution in [0, 0.1) is 13.8 Å². The van der Waals surface area contributed by atoms with Gasteiger partial charge in [0.1, 0.15) is 0 Å². The molecule has 1 nitrogen and oxygen atoms in total. The molecule has 3 heteroatoms. The molecule has 0 fully saturated rings. The zero-order valence-corrected chi connectivity index (χ0v) is 11.9. The van der Waals surface area contributed by atoms with Gasteiger partial charge in [-0.05, 0) is 48.7 Å². The van der Waals surface area contributed by atoms with E-state index in [1.807, 2.05) is 12.1 Å². The van der Waals surface area contributed by atoms with E-state index in [9.17, 15) is 0 Å². The predicted molar refractivity (Wildman–Crippen MR) is 79.7 cm³/mol. The molecule has 2 aromatic rings. The summed E-state index contributed by atoms with van der Waals surface area (Å²) < 4.78 is 0. The highest BCUT2D eigenvalue weighted by Gasteiger charge is 2.04. The third kappa shape index (κ3) is 2.98. The van der Waals surface area contributed by atoms with Gasteiger partial charge in [-0.1, -0.05) is 41.4 Å². The van der Waals surface area contributed by atoms with E-state index in [4.69, 9.17) is 23.2 Å². The van der Waals surface area contributed by atoms with Gasteiger partial charge in [-0.15, -0.1) is 0 Å². The van der Waals surface area contributed by atoms with E-state index in [1.54, 1.807) is 6.07 Å². The van der Waals surface area contributed by atoms with Gasteiger partial charge < -0.3 is 5.32 Å². The number of hydrogen-bond donors (Lipinski definition) is 1. The number of hydrogen-bond acceptors (Lipinski definition) is 1. The normalized spacial score (nSPS) is 10.4. The van der Waals surface area contributed by atoms with Crippen LogP contribution in [0.5, 0.6) is 0 Å². The molecule has 0 aromatic heterocycles. The maximum Gasteiger partial charge on any atom is 0.0652 e. The van der Waals surface area contributed by atoms with Crippen molar-refractivity contribution in [1.82, 2.24) is 0 Å². The van der Waals surface area contributed by atoms with Crippen LogP contribution in [0.3, 0.4) is 0 Å². The molecule has 2 rings (SSSR count). The molecule has 0 aliphatic carbocycles.